The lowest BCUT2D eigenvalue weighted by molar-refractivity contribution is -0.232. The molecule has 4 aliphatic carbocycles. The molecule has 5 heteroatoms. The second-order valence-corrected chi connectivity index (χ2v) is 12.3. The molecule has 0 amide bonds. The molecule has 1 aromatic carbocycles. The third-order valence-corrected chi connectivity index (χ3v) is 10.9. The minimum atomic E-state index is -1.12. The summed E-state index contributed by atoms with van der Waals surface area (Å²) >= 11 is 0. The van der Waals surface area contributed by atoms with Crippen LogP contribution in [-0.4, -0.2) is 36.0 Å². The van der Waals surface area contributed by atoms with Crippen molar-refractivity contribution in [1.82, 2.24) is 0 Å². The van der Waals surface area contributed by atoms with E-state index in [2.05, 4.69) is 19.9 Å². The molecule has 1 unspecified atom stereocenters. The highest BCUT2D eigenvalue weighted by atomic mass is 16.6. The fraction of sp³-hybridized carbons (Fsp3) is 0.710. The first-order valence-electron chi connectivity index (χ1n) is 13.9. The summed E-state index contributed by atoms with van der Waals surface area (Å²) in [5.74, 6) is 1.60. The van der Waals surface area contributed by atoms with Crippen LogP contribution in [0.15, 0.2) is 35.9 Å². The maximum absolute atomic E-state index is 12.8. The second-order valence-electron chi connectivity index (χ2n) is 12.3. The standard InChI is InChI=1S/C31H44O5/c1-6-35-24-10-7-22(8-11-24)20-36-30(33)18-17-28(3)23(19-30)9-12-25-26(28)13-15-29(4)27(25)14-16-31(29,34-5)21(2)32/h7-11,25-27,33H,6,12-20H2,1-5H3/t25-,26+,27+,28+,29+,30?,31+/m1/s1. The van der Waals surface area contributed by atoms with Crippen molar-refractivity contribution in [2.75, 3.05) is 13.7 Å². The molecule has 4 aliphatic rings. The summed E-state index contributed by atoms with van der Waals surface area (Å²) in [4.78, 5) is 12.8. The van der Waals surface area contributed by atoms with Crippen molar-refractivity contribution in [3.63, 3.8) is 0 Å². The van der Waals surface area contributed by atoms with Gasteiger partial charge in [-0.3, -0.25) is 4.79 Å². The molecule has 7 atom stereocenters. The van der Waals surface area contributed by atoms with Gasteiger partial charge in [-0.1, -0.05) is 37.6 Å². The highest BCUT2D eigenvalue weighted by Crippen LogP contribution is 2.68. The van der Waals surface area contributed by atoms with Crippen molar-refractivity contribution in [3.05, 3.63) is 41.5 Å². The van der Waals surface area contributed by atoms with Crippen LogP contribution in [-0.2, 0) is 20.9 Å². The molecule has 3 fully saturated rings. The Bertz CT molecular complexity index is 1020. The first kappa shape index (κ1) is 25.9. The molecule has 0 radical (unpaired) electrons. The van der Waals surface area contributed by atoms with E-state index < -0.39 is 11.4 Å². The van der Waals surface area contributed by atoms with Gasteiger partial charge in [0.1, 0.15) is 11.4 Å². The summed E-state index contributed by atoms with van der Waals surface area (Å²) in [5.41, 5.74) is 1.78. The third-order valence-electron chi connectivity index (χ3n) is 10.9. The molecule has 1 aromatic rings. The van der Waals surface area contributed by atoms with Crippen LogP contribution in [0.2, 0.25) is 0 Å². The van der Waals surface area contributed by atoms with Crippen molar-refractivity contribution in [2.45, 2.75) is 97.1 Å². The molecule has 5 rings (SSSR count). The van der Waals surface area contributed by atoms with Gasteiger partial charge in [0, 0.05) is 25.4 Å². The van der Waals surface area contributed by atoms with Gasteiger partial charge in [-0.2, -0.15) is 0 Å². The number of ether oxygens (including phenoxy) is 3. The number of hydrogen-bond acceptors (Lipinski definition) is 5. The van der Waals surface area contributed by atoms with Gasteiger partial charge < -0.3 is 19.3 Å². The Morgan fingerprint density at radius 3 is 2.44 bits per heavy atom. The number of carbonyl (C=O) groups excluding carboxylic acids is 1. The summed E-state index contributed by atoms with van der Waals surface area (Å²) in [5, 5.41) is 11.4. The molecule has 0 heterocycles. The summed E-state index contributed by atoms with van der Waals surface area (Å²) in [6, 6.07) is 7.93. The van der Waals surface area contributed by atoms with Crippen LogP contribution in [0.3, 0.4) is 0 Å². The first-order chi connectivity index (χ1) is 17.1. The van der Waals surface area contributed by atoms with Gasteiger partial charge in [0.25, 0.3) is 0 Å². The zero-order chi connectivity index (χ0) is 25.8. The lowest BCUT2D eigenvalue weighted by Gasteiger charge is -2.59. The molecule has 0 spiro atoms. The largest absolute Gasteiger partial charge is 0.494 e. The van der Waals surface area contributed by atoms with Crippen molar-refractivity contribution < 1.29 is 24.1 Å². The van der Waals surface area contributed by atoms with E-state index in [1.807, 2.05) is 31.2 Å². The van der Waals surface area contributed by atoms with Gasteiger partial charge in [0.2, 0.25) is 0 Å². The van der Waals surface area contributed by atoms with E-state index in [4.69, 9.17) is 14.2 Å². The Balaban J connectivity index is 1.31. The third kappa shape index (κ3) is 3.88. The number of methoxy groups -OCH3 is 1. The van der Waals surface area contributed by atoms with E-state index in [0.29, 0.717) is 43.8 Å². The molecule has 3 saturated carbocycles. The number of hydrogen-bond donors (Lipinski definition) is 1. The van der Waals surface area contributed by atoms with Crippen LogP contribution in [0.25, 0.3) is 0 Å². The summed E-state index contributed by atoms with van der Waals surface area (Å²) in [6.07, 6.45) is 9.68. The van der Waals surface area contributed by atoms with Gasteiger partial charge in [-0.15, -0.1) is 0 Å². The summed E-state index contributed by atoms with van der Waals surface area (Å²) in [7, 11) is 1.73. The number of allylic oxidation sites excluding steroid dienone is 1. The topological polar surface area (TPSA) is 65.0 Å². The van der Waals surface area contributed by atoms with Crippen LogP contribution in [0.1, 0.15) is 84.6 Å². The molecule has 0 saturated heterocycles. The van der Waals surface area contributed by atoms with Crippen LogP contribution < -0.4 is 4.74 Å². The highest BCUT2D eigenvalue weighted by Gasteiger charge is 2.66. The van der Waals surface area contributed by atoms with Crippen molar-refractivity contribution in [3.8, 4) is 5.75 Å². The summed E-state index contributed by atoms with van der Waals surface area (Å²) in [6.45, 7) is 9.48. The fourth-order valence-electron chi connectivity index (χ4n) is 8.86. The van der Waals surface area contributed by atoms with Crippen molar-refractivity contribution in [1.29, 1.82) is 0 Å². The quantitative estimate of drug-likeness (QED) is 0.358. The lowest BCUT2D eigenvalue weighted by Crippen LogP contribution is -2.58. The molecule has 0 aliphatic heterocycles. The Kier molecular flexibility index (Phi) is 6.67. The number of fused-ring (bicyclic) bond motifs is 5. The average Bonchev–Trinajstić information content (AvgIpc) is 3.18. The number of Topliss-reactive ketones (excluding diaryl/α,β-unsaturated/α-hetero) is 1. The molecule has 198 valence electrons. The van der Waals surface area contributed by atoms with Crippen LogP contribution in [0, 0.1) is 28.6 Å². The smallest absolute Gasteiger partial charge is 0.169 e. The maximum Gasteiger partial charge on any atom is 0.169 e. The molecular formula is C31H44O5. The van der Waals surface area contributed by atoms with Gasteiger partial charge in [0.05, 0.1) is 13.2 Å². The highest BCUT2D eigenvalue weighted by molar-refractivity contribution is 5.86. The summed E-state index contributed by atoms with van der Waals surface area (Å²) < 4.78 is 17.7. The predicted octanol–water partition coefficient (Wildman–Crippen LogP) is 6.23. The van der Waals surface area contributed by atoms with Gasteiger partial charge in [-0.05, 0) is 93.2 Å². The minimum Gasteiger partial charge on any atom is -0.494 e. The van der Waals surface area contributed by atoms with Gasteiger partial charge >= 0.3 is 0 Å². The number of ketones is 1. The molecule has 0 aromatic heterocycles. The van der Waals surface area contributed by atoms with Crippen LogP contribution >= 0.6 is 0 Å². The molecule has 5 nitrogen and oxygen atoms in total. The number of rotatable bonds is 7. The van der Waals surface area contributed by atoms with E-state index in [9.17, 15) is 9.90 Å². The van der Waals surface area contributed by atoms with Gasteiger partial charge in [0.15, 0.2) is 11.6 Å². The monoisotopic (exact) mass is 496 g/mol. The minimum absolute atomic E-state index is 0.0906. The normalized spacial score (nSPS) is 41.6. The van der Waals surface area contributed by atoms with Crippen molar-refractivity contribution >= 4 is 5.78 Å². The Morgan fingerprint density at radius 2 is 1.78 bits per heavy atom. The fourth-order valence-corrected chi connectivity index (χ4v) is 8.86. The van der Waals surface area contributed by atoms with Crippen molar-refractivity contribution in [2.24, 2.45) is 28.6 Å². The molecule has 0 bridgehead atoms. The van der Waals surface area contributed by atoms with Crippen LogP contribution in [0.4, 0.5) is 0 Å². The van der Waals surface area contributed by atoms with E-state index in [-0.39, 0.29) is 16.6 Å². The Labute approximate surface area is 216 Å². The zero-order valence-electron chi connectivity index (χ0n) is 22.8. The number of aliphatic hydroxyl groups is 1. The second kappa shape index (κ2) is 9.25. The zero-order valence-corrected chi connectivity index (χ0v) is 22.8. The number of carbonyl (C=O) groups is 1. The van der Waals surface area contributed by atoms with E-state index in [1.165, 1.54) is 5.57 Å². The molecule has 36 heavy (non-hydrogen) atoms. The van der Waals surface area contributed by atoms with Gasteiger partial charge in [-0.25, -0.2) is 0 Å². The van der Waals surface area contributed by atoms with E-state index >= 15 is 0 Å². The average molecular weight is 497 g/mol. The Morgan fingerprint density at radius 1 is 1.06 bits per heavy atom. The Hall–Kier alpha value is -1.69. The molecular weight excluding hydrogens is 452 g/mol. The molecule has 1 N–H and O–H groups in total. The predicted molar refractivity (Wildman–Crippen MR) is 139 cm³/mol. The maximum atomic E-state index is 12.8. The number of benzene rings is 1. The SMILES string of the molecule is CCOc1ccc(COC2(O)CC[C@@]3(C)C(=CC[C@@H]4[C@@H]3CC[C@@]3(C)[C@H]4CC[C@]3(OC)C(C)=O)C2)cc1. The van der Waals surface area contributed by atoms with Crippen LogP contribution in [0.5, 0.6) is 5.75 Å². The van der Waals surface area contributed by atoms with E-state index in [1.54, 1.807) is 14.0 Å². The lowest BCUT2D eigenvalue weighted by atomic mass is 9.46. The van der Waals surface area contributed by atoms with E-state index in [0.717, 1.165) is 49.8 Å². The first-order valence-corrected chi connectivity index (χ1v) is 13.9.